The third-order valence-corrected chi connectivity index (χ3v) is 1.69. The van der Waals surface area contributed by atoms with Gasteiger partial charge in [0.25, 0.3) is 0 Å². The maximum absolute atomic E-state index is 12.9. The topological polar surface area (TPSA) is 55.1 Å². The Morgan fingerprint density at radius 1 is 1.92 bits per heavy atom. The van der Waals surface area contributed by atoms with E-state index >= 15 is 0 Å². The van der Waals surface area contributed by atoms with Crippen molar-refractivity contribution in [3.05, 3.63) is 16.9 Å². The molecule has 0 saturated carbocycles. The molecule has 1 aromatic rings. The summed E-state index contributed by atoms with van der Waals surface area (Å²) in [7, 11) is 1.43. The van der Waals surface area contributed by atoms with Gasteiger partial charge >= 0.3 is 5.97 Å². The molecule has 0 radical (unpaired) electrons. The third kappa shape index (κ3) is 1.40. The fourth-order valence-electron chi connectivity index (χ4n) is 0.822. The number of carboxylic acids is 1. The lowest BCUT2D eigenvalue weighted by molar-refractivity contribution is -0.143. The summed E-state index contributed by atoms with van der Waals surface area (Å²) in [6.45, 7) is 0. The van der Waals surface area contributed by atoms with Crippen LogP contribution in [0.2, 0.25) is 5.02 Å². The molecule has 1 N–H and O–H groups in total. The highest BCUT2D eigenvalue weighted by Gasteiger charge is 2.24. The SMILES string of the molecule is Cn1ncc(Cl)c1C(F)C(=O)O. The first kappa shape index (κ1) is 8.99. The second-order valence-corrected chi connectivity index (χ2v) is 2.61. The van der Waals surface area contributed by atoms with Crippen LogP contribution in [0.3, 0.4) is 0 Å². The number of rotatable bonds is 2. The van der Waals surface area contributed by atoms with Gasteiger partial charge in [0.1, 0.15) is 5.69 Å². The van der Waals surface area contributed by atoms with Crippen molar-refractivity contribution in [2.75, 3.05) is 0 Å². The molecule has 0 fully saturated rings. The maximum Gasteiger partial charge on any atom is 0.344 e. The van der Waals surface area contributed by atoms with E-state index in [1.807, 2.05) is 0 Å². The quantitative estimate of drug-likeness (QED) is 0.765. The Balaban J connectivity index is 3.08. The summed E-state index contributed by atoms with van der Waals surface area (Å²) in [5.74, 6) is -1.57. The molecule has 0 aromatic carbocycles. The van der Waals surface area contributed by atoms with E-state index in [2.05, 4.69) is 5.10 Å². The Kier molecular flexibility index (Phi) is 2.32. The minimum absolute atomic E-state index is 0.0207. The van der Waals surface area contributed by atoms with Gasteiger partial charge in [-0.05, 0) is 0 Å². The van der Waals surface area contributed by atoms with Crippen molar-refractivity contribution in [2.45, 2.75) is 6.17 Å². The van der Waals surface area contributed by atoms with E-state index in [9.17, 15) is 9.18 Å². The van der Waals surface area contributed by atoms with Crippen LogP contribution in [0.25, 0.3) is 0 Å². The first-order chi connectivity index (χ1) is 5.54. The summed E-state index contributed by atoms with van der Waals surface area (Å²) in [6.07, 6.45) is -0.920. The van der Waals surface area contributed by atoms with Gasteiger partial charge in [0, 0.05) is 7.05 Å². The van der Waals surface area contributed by atoms with E-state index in [1.165, 1.54) is 13.2 Å². The Morgan fingerprint density at radius 2 is 2.50 bits per heavy atom. The second-order valence-electron chi connectivity index (χ2n) is 2.20. The summed E-state index contributed by atoms with van der Waals surface area (Å²) >= 11 is 5.50. The van der Waals surface area contributed by atoms with Crippen LogP contribution in [-0.2, 0) is 11.8 Å². The van der Waals surface area contributed by atoms with Gasteiger partial charge in [-0.2, -0.15) is 5.10 Å². The molecule has 0 aliphatic carbocycles. The average Bonchev–Trinajstić information content (AvgIpc) is 2.30. The smallest absolute Gasteiger partial charge is 0.344 e. The fraction of sp³-hybridized carbons (Fsp3) is 0.333. The van der Waals surface area contributed by atoms with Crippen LogP contribution in [0.1, 0.15) is 11.9 Å². The molecule has 1 atom stereocenters. The first-order valence-electron chi connectivity index (χ1n) is 3.08. The van der Waals surface area contributed by atoms with Crippen molar-refractivity contribution in [3.8, 4) is 0 Å². The van der Waals surface area contributed by atoms with Gasteiger partial charge in [0.05, 0.1) is 11.2 Å². The highest BCUT2D eigenvalue weighted by atomic mass is 35.5. The molecule has 1 aromatic heterocycles. The van der Waals surface area contributed by atoms with Crippen molar-refractivity contribution < 1.29 is 14.3 Å². The number of hydrogen-bond acceptors (Lipinski definition) is 2. The van der Waals surface area contributed by atoms with Gasteiger partial charge in [-0.1, -0.05) is 11.6 Å². The van der Waals surface area contributed by atoms with Crippen LogP contribution in [-0.4, -0.2) is 20.9 Å². The molecule has 0 aliphatic rings. The third-order valence-electron chi connectivity index (χ3n) is 1.39. The highest BCUT2D eigenvalue weighted by molar-refractivity contribution is 6.31. The van der Waals surface area contributed by atoms with Gasteiger partial charge in [-0.3, -0.25) is 4.68 Å². The summed E-state index contributed by atoms with van der Waals surface area (Å²) in [5.41, 5.74) is -0.135. The van der Waals surface area contributed by atoms with Crippen LogP contribution >= 0.6 is 11.6 Å². The summed E-state index contributed by atoms with van der Waals surface area (Å²) in [4.78, 5) is 10.2. The zero-order valence-corrected chi connectivity index (χ0v) is 6.92. The molecule has 1 rings (SSSR count). The molecule has 66 valence electrons. The fourth-order valence-corrected chi connectivity index (χ4v) is 1.08. The lowest BCUT2D eigenvalue weighted by Crippen LogP contribution is -2.11. The monoisotopic (exact) mass is 192 g/mol. The average molecular weight is 193 g/mol. The molecule has 6 heteroatoms. The normalized spacial score (nSPS) is 12.9. The van der Waals surface area contributed by atoms with E-state index in [4.69, 9.17) is 16.7 Å². The van der Waals surface area contributed by atoms with Crippen LogP contribution in [0.15, 0.2) is 6.20 Å². The number of hydrogen-bond donors (Lipinski definition) is 1. The molecule has 1 heterocycles. The molecule has 12 heavy (non-hydrogen) atoms. The van der Waals surface area contributed by atoms with Crippen molar-refractivity contribution in [3.63, 3.8) is 0 Å². The number of halogens is 2. The molecule has 1 unspecified atom stereocenters. The lowest BCUT2D eigenvalue weighted by Gasteiger charge is -2.03. The number of aliphatic carboxylic acids is 1. The van der Waals surface area contributed by atoms with Crippen LogP contribution in [0, 0.1) is 0 Å². The minimum Gasteiger partial charge on any atom is -0.479 e. The minimum atomic E-state index is -2.12. The second kappa shape index (κ2) is 3.10. The van der Waals surface area contributed by atoms with E-state index in [-0.39, 0.29) is 10.7 Å². The zero-order valence-electron chi connectivity index (χ0n) is 6.16. The molecule has 0 spiro atoms. The Labute approximate surface area is 72.6 Å². The Hall–Kier alpha value is -1.10. The molecular weight excluding hydrogens is 187 g/mol. The summed E-state index contributed by atoms with van der Waals surface area (Å²) in [6, 6.07) is 0. The predicted molar refractivity (Wildman–Crippen MR) is 39.7 cm³/mol. The van der Waals surface area contributed by atoms with Gasteiger partial charge in [0.2, 0.25) is 6.17 Å². The van der Waals surface area contributed by atoms with Gasteiger partial charge < -0.3 is 5.11 Å². The van der Waals surface area contributed by atoms with Crippen molar-refractivity contribution in [1.29, 1.82) is 0 Å². The molecule has 4 nitrogen and oxygen atoms in total. The van der Waals surface area contributed by atoms with Crippen LogP contribution in [0.4, 0.5) is 4.39 Å². The summed E-state index contributed by atoms with van der Waals surface area (Å²) in [5, 5.41) is 11.9. The number of nitrogens with zero attached hydrogens (tertiary/aromatic N) is 2. The number of aryl methyl sites for hydroxylation is 1. The Morgan fingerprint density at radius 3 is 2.83 bits per heavy atom. The first-order valence-corrected chi connectivity index (χ1v) is 3.46. The van der Waals surface area contributed by atoms with E-state index < -0.39 is 12.1 Å². The molecule has 0 saturated heterocycles. The Bertz CT molecular complexity index is 293. The predicted octanol–water partition coefficient (Wildman–Crippen LogP) is 1.17. The van der Waals surface area contributed by atoms with Gasteiger partial charge in [-0.15, -0.1) is 0 Å². The number of carbonyl (C=O) groups is 1. The van der Waals surface area contributed by atoms with E-state index in [0.29, 0.717) is 0 Å². The standard InChI is InChI=1S/C6H6ClFN2O2/c1-10-5(3(7)2-9-10)4(8)6(11)12/h2,4H,1H3,(H,11,12). The number of alkyl halides is 1. The van der Waals surface area contributed by atoms with Crippen molar-refractivity contribution in [2.24, 2.45) is 7.05 Å². The number of carboxylic acid groups (broad SMARTS) is 1. The van der Waals surface area contributed by atoms with Crippen molar-refractivity contribution in [1.82, 2.24) is 9.78 Å². The molecule has 0 bridgehead atoms. The van der Waals surface area contributed by atoms with Gasteiger partial charge in [0.15, 0.2) is 0 Å². The van der Waals surface area contributed by atoms with E-state index in [0.717, 1.165) is 4.68 Å². The van der Waals surface area contributed by atoms with Crippen LogP contribution in [0.5, 0.6) is 0 Å². The highest BCUT2D eigenvalue weighted by Crippen LogP contribution is 2.24. The molecular formula is C6H6ClFN2O2. The largest absolute Gasteiger partial charge is 0.479 e. The summed E-state index contributed by atoms with van der Waals surface area (Å²) < 4.78 is 14.0. The molecule has 0 aliphatic heterocycles. The van der Waals surface area contributed by atoms with Crippen LogP contribution < -0.4 is 0 Å². The van der Waals surface area contributed by atoms with E-state index in [1.54, 1.807) is 0 Å². The van der Waals surface area contributed by atoms with Crippen molar-refractivity contribution >= 4 is 17.6 Å². The number of aromatic nitrogens is 2. The maximum atomic E-state index is 12.9. The molecule has 0 amide bonds. The zero-order chi connectivity index (χ0) is 9.30. The van der Waals surface area contributed by atoms with Gasteiger partial charge in [-0.25, -0.2) is 9.18 Å². The lowest BCUT2D eigenvalue weighted by atomic mass is 10.3.